The van der Waals surface area contributed by atoms with Gasteiger partial charge in [0.25, 0.3) is 0 Å². The van der Waals surface area contributed by atoms with Gasteiger partial charge in [-0.25, -0.2) is 0 Å². The summed E-state index contributed by atoms with van der Waals surface area (Å²) in [6.07, 6.45) is 10.3. The van der Waals surface area contributed by atoms with Gasteiger partial charge in [-0.15, -0.1) is 0 Å². The Balaban J connectivity index is 1.55. The van der Waals surface area contributed by atoms with Crippen LogP contribution < -0.4 is 5.32 Å². The van der Waals surface area contributed by atoms with Gasteiger partial charge >= 0.3 is 0 Å². The van der Waals surface area contributed by atoms with Crippen LogP contribution in [0.5, 0.6) is 0 Å². The minimum absolute atomic E-state index is 0.344. The molecule has 114 valence electrons. The van der Waals surface area contributed by atoms with Crippen LogP contribution in [0.4, 0.5) is 0 Å². The zero-order valence-corrected chi connectivity index (χ0v) is 13.2. The number of amides is 1. The van der Waals surface area contributed by atoms with Crippen LogP contribution in [0.15, 0.2) is 0 Å². The first-order valence-electron chi connectivity index (χ1n) is 8.49. The van der Waals surface area contributed by atoms with Crippen molar-refractivity contribution in [3.8, 4) is 0 Å². The second-order valence-corrected chi connectivity index (χ2v) is 7.87. The summed E-state index contributed by atoms with van der Waals surface area (Å²) in [4.78, 5) is 14.3. The summed E-state index contributed by atoms with van der Waals surface area (Å²) in [5, 5.41) is 3.12. The third-order valence-electron chi connectivity index (χ3n) is 5.98. The van der Waals surface area contributed by atoms with Gasteiger partial charge in [-0.05, 0) is 81.7 Å². The summed E-state index contributed by atoms with van der Waals surface area (Å²) in [6.45, 7) is 1.96. The second kappa shape index (κ2) is 5.67. The van der Waals surface area contributed by atoms with Gasteiger partial charge in [-0.1, -0.05) is 0 Å². The van der Waals surface area contributed by atoms with Crippen LogP contribution in [0.2, 0.25) is 0 Å². The summed E-state index contributed by atoms with van der Waals surface area (Å²) >= 11 is 0. The number of carbonyl (C=O) groups is 1. The van der Waals surface area contributed by atoms with Crippen LogP contribution in [0.3, 0.4) is 0 Å². The van der Waals surface area contributed by atoms with Crippen LogP contribution >= 0.6 is 0 Å². The van der Waals surface area contributed by atoms with E-state index in [-0.39, 0.29) is 0 Å². The first-order chi connectivity index (χ1) is 9.60. The number of hydrogen-bond acceptors (Lipinski definition) is 2. The van der Waals surface area contributed by atoms with Gasteiger partial charge in [0.1, 0.15) is 0 Å². The first-order valence-corrected chi connectivity index (χ1v) is 8.49. The van der Waals surface area contributed by atoms with E-state index in [1.54, 1.807) is 0 Å². The maximum absolute atomic E-state index is 12.2. The molecular weight excluding hydrogens is 248 g/mol. The molecule has 0 aromatic carbocycles. The molecule has 4 aliphatic carbocycles. The molecule has 3 nitrogen and oxygen atoms in total. The monoisotopic (exact) mass is 278 g/mol. The van der Waals surface area contributed by atoms with Crippen LogP contribution in [0.1, 0.15) is 51.4 Å². The largest absolute Gasteiger partial charge is 0.345 e. The Bertz CT molecular complexity index is 331. The van der Waals surface area contributed by atoms with E-state index in [4.69, 9.17) is 0 Å². The van der Waals surface area contributed by atoms with E-state index in [0.29, 0.717) is 17.7 Å². The van der Waals surface area contributed by atoms with Gasteiger partial charge in [-0.2, -0.15) is 0 Å². The van der Waals surface area contributed by atoms with E-state index < -0.39 is 0 Å². The zero-order valence-electron chi connectivity index (χ0n) is 13.2. The molecule has 0 heterocycles. The molecule has 0 spiro atoms. The van der Waals surface area contributed by atoms with Gasteiger partial charge in [0.15, 0.2) is 0 Å². The van der Waals surface area contributed by atoms with E-state index in [1.165, 1.54) is 38.5 Å². The average molecular weight is 278 g/mol. The molecule has 0 aliphatic heterocycles. The predicted molar refractivity (Wildman–Crippen MR) is 81.4 cm³/mol. The van der Waals surface area contributed by atoms with Crippen molar-refractivity contribution in [2.75, 3.05) is 27.2 Å². The lowest BCUT2D eigenvalue weighted by Crippen LogP contribution is -2.51. The standard InChI is InChI=1S/C17H30N2O/c1-18-5-3-4-16(20)19(2)12-17-9-13-6-14(10-17)8-15(7-13)11-17/h13-15,18H,3-12H2,1-2H3. The van der Waals surface area contributed by atoms with E-state index in [2.05, 4.69) is 5.32 Å². The van der Waals surface area contributed by atoms with Crippen molar-refractivity contribution < 1.29 is 4.79 Å². The van der Waals surface area contributed by atoms with E-state index in [0.717, 1.165) is 37.3 Å². The summed E-state index contributed by atoms with van der Waals surface area (Å²) in [7, 11) is 3.98. The zero-order chi connectivity index (χ0) is 14.2. The molecule has 4 aliphatic rings. The molecule has 4 bridgehead atoms. The highest BCUT2D eigenvalue weighted by Gasteiger charge is 2.51. The van der Waals surface area contributed by atoms with Gasteiger partial charge in [0.05, 0.1) is 0 Å². The molecule has 0 saturated heterocycles. The van der Waals surface area contributed by atoms with Crippen LogP contribution in [-0.4, -0.2) is 38.0 Å². The Morgan fingerprint density at radius 3 is 2.20 bits per heavy atom. The van der Waals surface area contributed by atoms with Gasteiger partial charge < -0.3 is 10.2 Å². The SMILES string of the molecule is CNCCCC(=O)N(C)CC12CC3CC(CC(C3)C1)C2. The molecule has 0 unspecified atom stereocenters. The van der Waals surface area contributed by atoms with Gasteiger partial charge in [-0.3, -0.25) is 4.79 Å². The highest BCUT2D eigenvalue weighted by atomic mass is 16.2. The van der Waals surface area contributed by atoms with Crippen molar-refractivity contribution in [2.45, 2.75) is 51.4 Å². The molecule has 0 aromatic heterocycles. The maximum atomic E-state index is 12.2. The van der Waals surface area contributed by atoms with Crippen molar-refractivity contribution in [2.24, 2.45) is 23.2 Å². The fourth-order valence-electron chi connectivity index (χ4n) is 5.68. The average Bonchev–Trinajstić information content (AvgIpc) is 2.36. The minimum Gasteiger partial charge on any atom is -0.345 e. The van der Waals surface area contributed by atoms with Crippen LogP contribution in [-0.2, 0) is 4.79 Å². The molecule has 0 radical (unpaired) electrons. The van der Waals surface area contributed by atoms with Crippen LogP contribution in [0.25, 0.3) is 0 Å². The lowest BCUT2D eigenvalue weighted by Gasteiger charge is -2.57. The molecule has 3 heteroatoms. The van der Waals surface area contributed by atoms with Crippen molar-refractivity contribution in [1.29, 1.82) is 0 Å². The number of nitrogens with one attached hydrogen (secondary N) is 1. The molecule has 0 atom stereocenters. The summed E-state index contributed by atoms with van der Waals surface area (Å²) < 4.78 is 0. The molecule has 4 rings (SSSR count). The topological polar surface area (TPSA) is 32.3 Å². The molecule has 1 amide bonds. The Labute approximate surface area is 123 Å². The number of nitrogens with zero attached hydrogens (tertiary/aromatic N) is 1. The van der Waals surface area contributed by atoms with E-state index in [9.17, 15) is 4.79 Å². The number of rotatable bonds is 6. The van der Waals surface area contributed by atoms with Gasteiger partial charge in [0.2, 0.25) is 5.91 Å². The lowest BCUT2D eigenvalue weighted by atomic mass is 9.49. The number of hydrogen-bond donors (Lipinski definition) is 1. The summed E-state index contributed by atoms with van der Waals surface area (Å²) in [5.74, 6) is 3.29. The molecular formula is C17H30N2O. The molecule has 20 heavy (non-hydrogen) atoms. The lowest BCUT2D eigenvalue weighted by molar-refractivity contribution is -0.135. The smallest absolute Gasteiger partial charge is 0.222 e. The quantitative estimate of drug-likeness (QED) is 0.758. The fourth-order valence-corrected chi connectivity index (χ4v) is 5.68. The van der Waals surface area contributed by atoms with Crippen molar-refractivity contribution >= 4 is 5.91 Å². The van der Waals surface area contributed by atoms with Crippen LogP contribution in [0, 0.1) is 23.2 Å². The van der Waals surface area contributed by atoms with Crippen molar-refractivity contribution in [3.05, 3.63) is 0 Å². The second-order valence-electron chi connectivity index (χ2n) is 7.87. The molecule has 4 saturated carbocycles. The highest BCUT2D eigenvalue weighted by molar-refractivity contribution is 5.75. The Kier molecular flexibility index (Phi) is 4.07. The molecule has 0 aromatic rings. The normalized spacial score (nSPS) is 38.2. The third kappa shape index (κ3) is 2.88. The Hall–Kier alpha value is -0.570. The first kappa shape index (κ1) is 14.4. The Morgan fingerprint density at radius 2 is 1.70 bits per heavy atom. The maximum Gasteiger partial charge on any atom is 0.222 e. The molecule has 4 fully saturated rings. The Morgan fingerprint density at radius 1 is 1.15 bits per heavy atom. The van der Waals surface area contributed by atoms with Crippen molar-refractivity contribution in [1.82, 2.24) is 10.2 Å². The minimum atomic E-state index is 0.344. The van der Waals surface area contributed by atoms with Crippen molar-refractivity contribution in [3.63, 3.8) is 0 Å². The third-order valence-corrected chi connectivity index (χ3v) is 5.98. The van der Waals surface area contributed by atoms with Gasteiger partial charge in [0, 0.05) is 20.0 Å². The summed E-state index contributed by atoms with van der Waals surface area (Å²) in [5.41, 5.74) is 0.488. The number of carbonyl (C=O) groups excluding carboxylic acids is 1. The summed E-state index contributed by atoms with van der Waals surface area (Å²) in [6, 6.07) is 0. The predicted octanol–water partition coefficient (Wildman–Crippen LogP) is 2.66. The fraction of sp³-hybridized carbons (Fsp3) is 0.941. The van der Waals surface area contributed by atoms with E-state index in [1.807, 2.05) is 19.0 Å². The molecule has 1 N–H and O–H groups in total. The van der Waals surface area contributed by atoms with E-state index >= 15 is 0 Å². The highest BCUT2D eigenvalue weighted by Crippen LogP contribution is 2.60.